The van der Waals surface area contributed by atoms with E-state index in [1.807, 2.05) is 6.07 Å². The van der Waals surface area contributed by atoms with Gasteiger partial charge in [-0.25, -0.2) is 0 Å². The Balaban J connectivity index is 0.753. The second kappa shape index (κ2) is 21.6. The molecule has 0 fully saturated rings. The van der Waals surface area contributed by atoms with Crippen LogP contribution < -0.4 is 9.80 Å². The highest BCUT2D eigenvalue weighted by molar-refractivity contribution is 6.13. The molecule has 2 spiro atoms. The van der Waals surface area contributed by atoms with Crippen LogP contribution in [0.5, 0.6) is 0 Å². The molecule has 22 rings (SSSR count). The molecule has 4 nitrogen and oxygen atoms in total. The maximum Gasteiger partial charge on any atom is 0.159 e. The minimum absolute atomic E-state index is 0.620. The van der Waals surface area contributed by atoms with Crippen molar-refractivity contribution in [2.24, 2.45) is 0 Å². The molecule has 474 valence electrons. The second-order valence-corrected chi connectivity index (χ2v) is 27.6. The van der Waals surface area contributed by atoms with Gasteiger partial charge in [0, 0.05) is 49.5 Å². The zero-order chi connectivity index (χ0) is 66.8. The van der Waals surface area contributed by atoms with Crippen molar-refractivity contribution < 1.29 is 8.83 Å². The summed E-state index contributed by atoms with van der Waals surface area (Å²) in [4.78, 5) is 5.05. The van der Waals surface area contributed by atoms with Crippen LogP contribution in [0.15, 0.2) is 373 Å². The van der Waals surface area contributed by atoms with Gasteiger partial charge in [0.05, 0.1) is 39.3 Å². The lowest BCUT2D eigenvalue weighted by Gasteiger charge is -2.36. The molecule has 4 aliphatic carbocycles. The zero-order valence-corrected chi connectivity index (χ0v) is 55.4. The largest absolute Gasteiger partial charge is 0.456 e. The average Bonchev–Trinajstić information content (AvgIpc) is 1.51. The molecule has 0 aliphatic heterocycles. The predicted molar refractivity (Wildman–Crippen MR) is 419 cm³/mol. The van der Waals surface area contributed by atoms with Crippen LogP contribution in [0.4, 0.5) is 34.1 Å². The van der Waals surface area contributed by atoms with Gasteiger partial charge in [-0.05, 0) is 173 Å². The maximum atomic E-state index is 7.62. The van der Waals surface area contributed by atoms with Crippen LogP contribution >= 0.6 is 0 Å². The van der Waals surface area contributed by atoms with Gasteiger partial charge in [0.25, 0.3) is 0 Å². The van der Waals surface area contributed by atoms with Gasteiger partial charge in [0.1, 0.15) is 16.7 Å². The molecule has 2 aromatic heterocycles. The van der Waals surface area contributed by atoms with Gasteiger partial charge < -0.3 is 18.6 Å². The molecule has 18 aromatic rings. The third kappa shape index (κ3) is 7.70. The molecule has 0 N–H and O–H groups in total. The van der Waals surface area contributed by atoms with Gasteiger partial charge >= 0.3 is 0 Å². The Morgan fingerprint density at radius 3 is 1.18 bits per heavy atom. The van der Waals surface area contributed by atoms with Crippen molar-refractivity contribution in [3.05, 3.63) is 408 Å². The van der Waals surface area contributed by atoms with Crippen molar-refractivity contribution in [1.29, 1.82) is 0 Å². The highest BCUT2D eigenvalue weighted by Gasteiger charge is 2.55. The fourth-order valence-electron chi connectivity index (χ4n) is 18.7. The van der Waals surface area contributed by atoms with Gasteiger partial charge in [0.2, 0.25) is 0 Å². The number of hydrogen-bond acceptors (Lipinski definition) is 4. The zero-order valence-electron chi connectivity index (χ0n) is 55.4. The Hall–Kier alpha value is -13.3. The molecule has 0 amide bonds. The standard InChI is InChI=1S/C98H60N2O2/c1-3-26-61(27-4-1)66-30-12-20-46-86(66)99(65-54-57-92-79(60-65)74-37-14-22-51-91(74)101-92)88-48-23-38-76-72-36-11-19-45-84(72)98(94(76)88)82-43-17-9-34-70(82)73-55-52-63(58-85(73)98)64-53-56-75-78-40-25-50-90(96(78)102-93(75)59-64)100(87-47-21-13-31-67(87)62-28-5-2-6-29-62)89-49-24-39-77-71-35-10-18-44-83(71)97(95(77)89)80-41-15-7-32-68(80)69-33-8-16-42-81(69)97/h1-60H. The first-order valence-corrected chi connectivity index (χ1v) is 35.3. The quantitative estimate of drug-likeness (QED) is 0.144. The number of para-hydroxylation sites is 4. The Morgan fingerprint density at radius 1 is 0.196 bits per heavy atom. The van der Waals surface area contributed by atoms with E-state index in [2.05, 4.69) is 368 Å². The molecule has 102 heavy (non-hydrogen) atoms. The van der Waals surface area contributed by atoms with E-state index in [0.717, 1.165) is 111 Å². The number of furan rings is 2. The molecule has 0 saturated heterocycles. The van der Waals surface area contributed by atoms with Gasteiger partial charge in [-0.3, -0.25) is 0 Å². The van der Waals surface area contributed by atoms with Crippen molar-refractivity contribution in [1.82, 2.24) is 0 Å². The molecule has 0 radical (unpaired) electrons. The summed E-state index contributed by atoms with van der Waals surface area (Å²) < 4.78 is 14.2. The van der Waals surface area contributed by atoms with Crippen LogP contribution in [0, 0.1) is 0 Å². The summed E-state index contributed by atoms with van der Waals surface area (Å²) in [6.45, 7) is 0. The Bertz CT molecular complexity index is 6480. The molecule has 1 atom stereocenters. The highest BCUT2D eigenvalue weighted by atomic mass is 16.3. The number of nitrogens with zero attached hydrogens (tertiary/aromatic N) is 2. The van der Waals surface area contributed by atoms with Crippen LogP contribution in [0.3, 0.4) is 0 Å². The van der Waals surface area contributed by atoms with Gasteiger partial charge in [-0.1, -0.05) is 291 Å². The molecule has 0 saturated carbocycles. The summed E-state index contributed by atoms with van der Waals surface area (Å²) in [5.74, 6) is 0. The molecule has 4 aliphatic rings. The SMILES string of the molecule is c1ccc(-c2ccccc2N(c2ccc3oc4ccccc4c3c2)c2cccc3c2C2(c4ccccc4-c4ccc(-c5ccc6c(c5)oc5c(N(c7ccccc7-c7ccccc7)c7cccc8c7C7(c9ccccc9-c9ccccc97)c7ccccc7-8)cccc56)cc42)c2ccccc2-3)cc1. The number of anilines is 6. The van der Waals surface area contributed by atoms with E-state index >= 15 is 0 Å². The monoisotopic (exact) mass is 1300 g/mol. The van der Waals surface area contributed by atoms with Crippen LogP contribution in [-0.4, -0.2) is 0 Å². The van der Waals surface area contributed by atoms with E-state index < -0.39 is 10.8 Å². The summed E-state index contributed by atoms with van der Waals surface area (Å²) in [7, 11) is 0. The van der Waals surface area contributed by atoms with Crippen LogP contribution in [-0.2, 0) is 10.8 Å². The van der Waals surface area contributed by atoms with E-state index in [1.165, 1.54) is 89.0 Å². The highest BCUT2D eigenvalue weighted by Crippen LogP contribution is 2.68. The molecule has 0 bridgehead atoms. The minimum Gasteiger partial charge on any atom is -0.456 e. The van der Waals surface area contributed by atoms with E-state index in [-0.39, 0.29) is 0 Å². The molecular formula is C98H60N2O2. The fourth-order valence-corrected chi connectivity index (χ4v) is 18.7. The smallest absolute Gasteiger partial charge is 0.159 e. The predicted octanol–water partition coefficient (Wildman–Crippen LogP) is 26.1. The number of hydrogen-bond donors (Lipinski definition) is 0. The van der Waals surface area contributed by atoms with Gasteiger partial charge in [0.15, 0.2) is 5.58 Å². The summed E-state index contributed by atoms with van der Waals surface area (Å²) in [5.41, 5.74) is 35.1. The van der Waals surface area contributed by atoms with E-state index in [1.54, 1.807) is 0 Å². The molecule has 2 heterocycles. The van der Waals surface area contributed by atoms with Crippen molar-refractivity contribution >= 4 is 78.0 Å². The topological polar surface area (TPSA) is 32.8 Å². The first-order chi connectivity index (χ1) is 50.6. The lowest BCUT2D eigenvalue weighted by atomic mass is 9.69. The third-order valence-corrected chi connectivity index (χ3v) is 22.7. The normalized spacial score (nSPS) is 14.4. The summed E-state index contributed by atoms with van der Waals surface area (Å²) in [5, 5.41) is 4.26. The first kappa shape index (κ1) is 56.7. The van der Waals surface area contributed by atoms with Crippen LogP contribution in [0.25, 0.3) is 122 Å². The van der Waals surface area contributed by atoms with E-state index in [0.29, 0.717) is 0 Å². The van der Waals surface area contributed by atoms with Gasteiger partial charge in [-0.15, -0.1) is 0 Å². The van der Waals surface area contributed by atoms with Crippen molar-refractivity contribution in [3.8, 4) is 77.9 Å². The number of rotatable bonds is 9. The van der Waals surface area contributed by atoms with Crippen molar-refractivity contribution in [3.63, 3.8) is 0 Å². The van der Waals surface area contributed by atoms with Crippen molar-refractivity contribution in [2.75, 3.05) is 9.80 Å². The summed E-state index contributed by atoms with van der Waals surface area (Å²) in [6, 6.07) is 135. The number of fused-ring (bicyclic) bond motifs is 26. The molecule has 16 aromatic carbocycles. The lowest BCUT2D eigenvalue weighted by Crippen LogP contribution is -2.28. The van der Waals surface area contributed by atoms with E-state index in [9.17, 15) is 0 Å². The molecular weight excluding hydrogens is 1240 g/mol. The van der Waals surface area contributed by atoms with Crippen LogP contribution in [0.1, 0.15) is 44.5 Å². The Morgan fingerprint density at radius 2 is 0.588 bits per heavy atom. The van der Waals surface area contributed by atoms with Gasteiger partial charge in [-0.2, -0.15) is 0 Å². The average molecular weight is 1300 g/mol. The first-order valence-electron chi connectivity index (χ1n) is 35.3. The summed E-state index contributed by atoms with van der Waals surface area (Å²) >= 11 is 0. The maximum absolute atomic E-state index is 7.62. The van der Waals surface area contributed by atoms with Crippen LogP contribution in [0.2, 0.25) is 0 Å². The Labute approximate surface area is 590 Å². The Kier molecular flexibility index (Phi) is 12.0. The summed E-state index contributed by atoms with van der Waals surface area (Å²) in [6.07, 6.45) is 0. The lowest BCUT2D eigenvalue weighted by molar-refractivity contribution is 0.668. The second-order valence-electron chi connectivity index (χ2n) is 27.6. The third-order valence-electron chi connectivity index (χ3n) is 22.7. The van der Waals surface area contributed by atoms with Crippen molar-refractivity contribution in [2.45, 2.75) is 10.8 Å². The molecule has 1 unspecified atom stereocenters. The number of benzene rings is 16. The van der Waals surface area contributed by atoms with E-state index in [4.69, 9.17) is 8.83 Å². The minimum atomic E-state index is -0.741. The fraction of sp³-hybridized carbons (Fsp3) is 0.0204. The molecule has 4 heteroatoms.